The average Bonchev–Trinajstić information content (AvgIpc) is 2.69. The van der Waals surface area contributed by atoms with E-state index in [9.17, 15) is 9.59 Å². The second-order valence-corrected chi connectivity index (χ2v) is 3.49. The van der Waals surface area contributed by atoms with Crippen molar-refractivity contribution in [2.24, 2.45) is 0 Å². The molecule has 0 spiro atoms. The Morgan fingerprint density at radius 3 is 2.71 bits per heavy atom. The normalized spacial score (nSPS) is 22.9. The van der Waals surface area contributed by atoms with Gasteiger partial charge in [-0.15, -0.1) is 0 Å². The van der Waals surface area contributed by atoms with Gasteiger partial charge in [-0.25, -0.2) is 0 Å². The molecule has 0 bridgehead atoms. The summed E-state index contributed by atoms with van der Waals surface area (Å²) in [6.07, 6.45) is 1.87. The standard InChI is InChI=1S/C9H17N3O2/c1-6(8(13)10-2)12-9(14)7-4-3-5-11-7/h6-7,11H,3-5H2,1-2H3,(H,10,13)(H,12,14)/t6-,7?/m1/s1. The Labute approximate surface area is 83.6 Å². The predicted molar refractivity (Wildman–Crippen MR) is 52.7 cm³/mol. The molecule has 0 aromatic carbocycles. The van der Waals surface area contributed by atoms with Crippen LogP contribution >= 0.6 is 0 Å². The molecule has 1 fully saturated rings. The Morgan fingerprint density at radius 1 is 1.50 bits per heavy atom. The van der Waals surface area contributed by atoms with Crippen LogP contribution in [-0.4, -0.2) is 37.5 Å². The molecule has 1 unspecified atom stereocenters. The number of nitrogens with one attached hydrogen (secondary N) is 3. The first-order chi connectivity index (χ1) is 6.65. The summed E-state index contributed by atoms with van der Waals surface area (Å²) in [5.74, 6) is -0.255. The lowest BCUT2D eigenvalue weighted by Crippen LogP contribution is -2.49. The maximum Gasteiger partial charge on any atom is 0.242 e. The first-order valence-electron chi connectivity index (χ1n) is 4.90. The van der Waals surface area contributed by atoms with Crippen molar-refractivity contribution in [1.29, 1.82) is 0 Å². The number of amides is 2. The summed E-state index contributed by atoms with van der Waals surface area (Å²) in [6.45, 7) is 2.55. The zero-order valence-electron chi connectivity index (χ0n) is 8.59. The third-order valence-corrected chi connectivity index (χ3v) is 2.38. The summed E-state index contributed by atoms with van der Waals surface area (Å²) in [6, 6.07) is -0.586. The van der Waals surface area contributed by atoms with Crippen LogP contribution in [0.5, 0.6) is 0 Å². The first-order valence-corrected chi connectivity index (χ1v) is 4.90. The van der Waals surface area contributed by atoms with Crippen molar-refractivity contribution in [2.45, 2.75) is 31.8 Å². The average molecular weight is 199 g/mol. The molecule has 2 amide bonds. The number of hydrogen-bond acceptors (Lipinski definition) is 3. The molecule has 1 heterocycles. The van der Waals surface area contributed by atoms with Crippen molar-refractivity contribution in [3.8, 4) is 0 Å². The number of carbonyl (C=O) groups is 2. The van der Waals surface area contributed by atoms with Crippen molar-refractivity contribution in [1.82, 2.24) is 16.0 Å². The van der Waals surface area contributed by atoms with Gasteiger partial charge < -0.3 is 16.0 Å². The van der Waals surface area contributed by atoms with Gasteiger partial charge in [-0.2, -0.15) is 0 Å². The van der Waals surface area contributed by atoms with E-state index in [1.54, 1.807) is 14.0 Å². The van der Waals surface area contributed by atoms with Gasteiger partial charge in [-0.05, 0) is 26.3 Å². The second kappa shape index (κ2) is 4.95. The topological polar surface area (TPSA) is 70.2 Å². The van der Waals surface area contributed by atoms with Crippen molar-refractivity contribution in [3.05, 3.63) is 0 Å². The highest BCUT2D eigenvalue weighted by Crippen LogP contribution is 2.04. The van der Waals surface area contributed by atoms with Crippen LogP contribution in [0.15, 0.2) is 0 Å². The lowest BCUT2D eigenvalue weighted by atomic mass is 10.2. The third kappa shape index (κ3) is 2.70. The van der Waals surface area contributed by atoms with Crippen LogP contribution in [0.4, 0.5) is 0 Å². The molecule has 5 heteroatoms. The van der Waals surface area contributed by atoms with Crippen LogP contribution in [0, 0.1) is 0 Å². The molecular formula is C9H17N3O2. The van der Waals surface area contributed by atoms with E-state index < -0.39 is 6.04 Å². The van der Waals surface area contributed by atoms with Crippen molar-refractivity contribution in [3.63, 3.8) is 0 Å². The minimum Gasteiger partial charge on any atom is -0.357 e. The highest BCUT2D eigenvalue weighted by molar-refractivity contribution is 5.89. The summed E-state index contributed by atoms with van der Waals surface area (Å²) in [7, 11) is 1.55. The number of carbonyl (C=O) groups excluding carboxylic acids is 2. The van der Waals surface area contributed by atoms with Crippen LogP contribution in [0.2, 0.25) is 0 Å². The van der Waals surface area contributed by atoms with Crippen LogP contribution in [-0.2, 0) is 9.59 Å². The fraction of sp³-hybridized carbons (Fsp3) is 0.778. The van der Waals surface area contributed by atoms with E-state index in [4.69, 9.17) is 0 Å². The zero-order chi connectivity index (χ0) is 10.6. The van der Waals surface area contributed by atoms with Crippen molar-refractivity contribution in [2.75, 3.05) is 13.6 Å². The van der Waals surface area contributed by atoms with Gasteiger partial charge in [0.2, 0.25) is 11.8 Å². The number of rotatable bonds is 3. The van der Waals surface area contributed by atoms with Gasteiger partial charge in [0, 0.05) is 7.05 Å². The number of likely N-dealkylation sites (N-methyl/N-ethyl adjacent to an activating group) is 1. The monoisotopic (exact) mass is 199 g/mol. The smallest absolute Gasteiger partial charge is 0.242 e. The Bertz CT molecular complexity index is 224. The summed E-state index contributed by atoms with van der Waals surface area (Å²) >= 11 is 0. The summed E-state index contributed by atoms with van der Waals surface area (Å²) in [4.78, 5) is 22.6. The molecule has 3 N–H and O–H groups in total. The number of hydrogen-bond donors (Lipinski definition) is 3. The predicted octanol–water partition coefficient (Wildman–Crippen LogP) is -1.01. The molecule has 1 aliphatic rings. The Kier molecular flexibility index (Phi) is 3.88. The van der Waals surface area contributed by atoms with Gasteiger partial charge >= 0.3 is 0 Å². The van der Waals surface area contributed by atoms with Gasteiger partial charge in [0.05, 0.1) is 6.04 Å². The Hall–Kier alpha value is -1.10. The zero-order valence-corrected chi connectivity index (χ0v) is 8.59. The van der Waals surface area contributed by atoms with Crippen LogP contribution in [0.1, 0.15) is 19.8 Å². The molecule has 0 aromatic rings. The minimum atomic E-state index is -0.463. The molecule has 14 heavy (non-hydrogen) atoms. The van der Waals surface area contributed by atoms with E-state index in [-0.39, 0.29) is 17.9 Å². The van der Waals surface area contributed by atoms with Crippen LogP contribution in [0.25, 0.3) is 0 Å². The van der Waals surface area contributed by atoms with Crippen molar-refractivity contribution < 1.29 is 9.59 Å². The SMILES string of the molecule is CNC(=O)[C@@H](C)NC(=O)C1CCCN1. The molecule has 1 aliphatic heterocycles. The summed E-state index contributed by atoms with van der Waals surface area (Å²) < 4.78 is 0. The van der Waals surface area contributed by atoms with Crippen LogP contribution in [0.3, 0.4) is 0 Å². The third-order valence-electron chi connectivity index (χ3n) is 2.38. The van der Waals surface area contributed by atoms with E-state index in [2.05, 4.69) is 16.0 Å². The molecule has 80 valence electrons. The Morgan fingerprint density at radius 2 is 2.21 bits per heavy atom. The lowest BCUT2D eigenvalue weighted by Gasteiger charge is -2.15. The summed E-state index contributed by atoms with van der Waals surface area (Å²) in [5.41, 5.74) is 0. The fourth-order valence-corrected chi connectivity index (χ4v) is 1.50. The molecule has 1 saturated heterocycles. The van der Waals surface area contributed by atoms with Crippen LogP contribution < -0.4 is 16.0 Å². The van der Waals surface area contributed by atoms with E-state index in [0.717, 1.165) is 19.4 Å². The molecule has 0 aliphatic carbocycles. The van der Waals surface area contributed by atoms with E-state index in [1.165, 1.54) is 0 Å². The lowest BCUT2D eigenvalue weighted by molar-refractivity contribution is -0.129. The molecule has 1 rings (SSSR count). The Balaban J connectivity index is 2.35. The minimum absolute atomic E-state index is 0.0846. The molecule has 5 nitrogen and oxygen atoms in total. The molecule has 0 aromatic heterocycles. The fourth-order valence-electron chi connectivity index (χ4n) is 1.50. The van der Waals surface area contributed by atoms with Gasteiger partial charge in [0.1, 0.15) is 6.04 Å². The molecular weight excluding hydrogens is 182 g/mol. The first kappa shape index (κ1) is 11.0. The van der Waals surface area contributed by atoms with Gasteiger partial charge in [-0.1, -0.05) is 0 Å². The highest BCUT2D eigenvalue weighted by atomic mass is 16.2. The van der Waals surface area contributed by atoms with Gasteiger partial charge in [0.15, 0.2) is 0 Å². The summed E-state index contributed by atoms with van der Waals surface area (Å²) in [5, 5.41) is 8.22. The molecule has 2 atom stereocenters. The van der Waals surface area contributed by atoms with E-state index >= 15 is 0 Å². The maximum absolute atomic E-state index is 11.5. The van der Waals surface area contributed by atoms with E-state index in [0.29, 0.717) is 0 Å². The molecule has 0 saturated carbocycles. The quantitative estimate of drug-likeness (QED) is 0.545. The maximum atomic E-state index is 11.5. The van der Waals surface area contributed by atoms with Crippen molar-refractivity contribution >= 4 is 11.8 Å². The van der Waals surface area contributed by atoms with E-state index in [1.807, 2.05) is 0 Å². The highest BCUT2D eigenvalue weighted by Gasteiger charge is 2.24. The molecule has 0 radical (unpaired) electrons. The van der Waals surface area contributed by atoms with Gasteiger partial charge in [0.25, 0.3) is 0 Å². The second-order valence-electron chi connectivity index (χ2n) is 3.49. The largest absolute Gasteiger partial charge is 0.357 e. The van der Waals surface area contributed by atoms with Gasteiger partial charge in [-0.3, -0.25) is 9.59 Å².